The number of benzene rings is 2. The van der Waals surface area contributed by atoms with E-state index in [0.717, 1.165) is 24.0 Å². The van der Waals surface area contributed by atoms with E-state index in [1.807, 2.05) is 31.2 Å². The van der Waals surface area contributed by atoms with Crippen molar-refractivity contribution < 1.29 is 4.79 Å². The largest absolute Gasteiger partial charge is 0.358 e. The number of carbonyl (C=O) groups is 1. The topological polar surface area (TPSA) is 44.9 Å². The van der Waals surface area contributed by atoms with Crippen molar-refractivity contribution in [1.82, 2.24) is 10.3 Å². The molecule has 0 aliphatic heterocycles. The standard InChI is InChI=1S/C20H20N2O/c1-12-4-3-5-14(8-12)20(23)21-15-10-17-16-9-13(2)6-7-18(16)22-19(17)11-15/h3-9,15,22H,10-11H2,1-2H3,(H,21,23). The summed E-state index contributed by atoms with van der Waals surface area (Å²) < 4.78 is 0. The zero-order valence-electron chi connectivity index (χ0n) is 13.4. The normalized spacial score (nSPS) is 16.5. The molecule has 1 heterocycles. The van der Waals surface area contributed by atoms with Crippen molar-refractivity contribution in [3.8, 4) is 0 Å². The molecule has 3 heteroatoms. The maximum absolute atomic E-state index is 12.4. The molecule has 0 fully saturated rings. The lowest BCUT2D eigenvalue weighted by molar-refractivity contribution is 0.0938. The van der Waals surface area contributed by atoms with Crippen LogP contribution in [0, 0.1) is 13.8 Å². The van der Waals surface area contributed by atoms with Gasteiger partial charge in [-0.1, -0.05) is 29.3 Å². The van der Waals surface area contributed by atoms with Crippen molar-refractivity contribution in [3.05, 3.63) is 70.4 Å². The minimum atomic E-state index is 0.0179. The number of carbonyl (C=O) groups excluding carboxylic acids is 1. The van der Waals surface area contributed by atoms with Gasteiger partial charge in [0, 0.05) is 34.6 Å². The van der Waals surface area contributed by atoms with Gasteiger partial charge in [-0.15, -0.1) is 0 Å². The van der Waals surface area contributed by atoms with Gasteiger partial charge in [-0.3, -0.25) is 4.79 Å². The highest BCUT2D eigenvalue weighted by atomic mass is 16.1. The van der Waals surface area contributed by atoms with E-state index in [2.05, 4.69) is 35.4 Å². The molecule has 0 radical (unpaired) electrons. The van der Waals surface area contributed by atoms with Gasteiger partial charge >= 0.3 is 0 Å². The first-order chi connectivity index (χ1) is 11.1. The predicted molar refractivity (Wildman–Crippen MR) is 92.9 cm³/mol. The monoisotopic (exact) mass is 304 g/mol. The van der Waals surface area contributed by atoms with E-state index in [-0.39, 0.29) is 11.9 Å². The molecule has 4 rings (SSSR count). The molecule has 1 aliphatic rings. The van der Waals surface area contributed by atoms with Gasteiger partial charge in [-0.05, 0) is 50.1 Å². The summed E-state index contributed by atoms with van der Waals surface area (Å²) in [4.78, 5) is 15.9. The first-order valence-electron chi connectivity index (χ1n) is 8.08. The highest BCUT2D eigenvalue weighted by molar-refractivity contribution is 5.95. The van der Waals surface area contributed by atoms with Crippen LogP contribution < -0.4 is 5.32 Å². The lowest BCUT2D eigenvalue weighted by Gasteiger charge is -2.13. The third-order valence-corrected chi connectivity index (χ3v) is 4.67. The molecule has 2 N–H and O–H groups in total. The molecule has 1 aliphatic carbocycles. The zero-order valence-corrected chi connectivity index (χ0v) is 13.4. The first kappa shape index (κ1) is 14.1. The van der Waals surface area contributed by atoms with Gasteiger partial charge in [0.05, 0.1) is 0 Å². The Kier molecular flexibility index (Phi) is 3.22. The number of fused-ring (bicyclic) bond motifs is 3. The lowest BCUT2D eigenvalue weighted by atomic mass is 10.1. The minimum absolute atomic E-state index is 0.0179. The second-order valence-electron chi connectivity index (χ2n) is 6.58. The van der Waals surface area contributed by atoms with Crippen LogP contribution in [-0.2, 0) is 12.8 Å². The predicted octanol–water partition coefficient (Wildman–Crippen LogP) is 3.68. The Bertz CT molecular complexity index is 907. The summed E-state index contributed by atoms with van der Waals surface area (Å²) in [5.41, 5.74) is 6.94. The Balaban J connectivity index is 1.54. The molecule has 3 nitrogen and oxygen atoms in total. The van der Waals surface area contributed by atoms with Gasteiger partial charge < -0.3 is 10.3 Å². The Labute approximate surface area is 135 Å². The van der Waals surface area contributed by atoms with Crippen LogP contribution in [-0.4, -0.2) is 16.9 Å². The van der Waals surface area contributed by atoms with Crippen LogP contribution in [0.5, 0.6) is 0 Å². The molecule has 0 saturated carbocycles. The van der Waals surface area contributed by atoms with E-state index < -0.39 is 0 Å². The van der Waals surface area contributed by atoms with E-state index in [0.29, 0.717) is 0 Å². The Hall–Kier alpha value is -2.55. The molecule has 1 unspecified atom stereocenters. The minimum Gasteiger partial charge on any atom is -0.358 e. The first-order valence-corrected chi connectivity index (χ1v) is 8.08. The maximum Gasteiger partial charge on any atom is 0.251 e. The fourth-order valence-corrected chi connectivity index (χ4v) is 3.55. The number of aromatic amines is 1. The zero-order chi connectivity index (χ0) is 16.0. The number of rotatable bonds is 2. The number of aromatic nitrogens is 1. The van der Waals surface area contributed by atoms with Gasteiger partial charge in [0.1, 0.15) is 0 Å². The molecule has 0 saturated heterocycles. The van der Waals surface area contributed by atoms with Gasteiger partial charge in [-0.2, -0.15) is 0 Å². The average molecular weight is 304 g/mol. The molecule has 1 aromatic heterocycles. The van der Waals surface area contributed by atoms with Crippen LogP contribution in [0.2, 0.25) is 0 Å². The number of hydrogen-bond acceptors (Lipinski definition) is 1. The molecule has 0 spiro atoms. The van der Waals surface area contributed by atoms with Crippen LogP contribution in [0.3, 0.4) is 0 Å². The molecule has 116 valence electrons. The van der Waals surface area contributed by atoms with Crippen molar-refractivity contribution in [2.24, 2.45) is 0 Å². The number of H-pyrrole nitrogens is 1. The summed E-state index contributed by atoms with van der Waals surface area (Å²) in [7, 11) is 0. The van der Waals surface area contributed by atoms with Gasteiger partial charge in [0.2, 0.25) is 0 Å². The van der Waals surface area contributed by atoms with Crippen molar-refractivity contribution in [2.75, 3.05) is 0 Å². The fraction of sp³-hybridized carbons (Fsp3) is 0.250. The molecule has 0 bridgehead atoms. The highest BCUT2D eigenvalue weighted by Gasteiger charge is 2.26. The maximum atomic E-state index is 12.4. The summed E-state index contributed by atoms with van der Waals surface area (Å²) in [5, 5.41) is 4.47. The van der Waals surface area contributed by atoms with Crippen molar-refractivity contribution >= 4 is 16.8 Å². The Morgan fingerprint density at radius 3 is 2.74 bits per heavy atom. The highest BCUT2D eigenvalue weighted by Crippen LogP contribution is 2.30. The fourth-order valence-electron chi connectivity index (χ4n) is 3.55. The number of amides is 1. The average Bonchev–Trinajstić information content (AvgIpc) is 3.05. The summed E-state index contributed by atoms with van der Waals surface area (Å²) in [6.07, 6.45) is 1.77. The molecular formula is C20H20N2O. The molecule has 3 aromatic rings. The third-order valence-electron chi connectivity index (χ3n) is 4.67. The van der Waals surface area contributed by atoms with Crippen LogP contribution >= 0.6 is 0 Å². The number of nitrogens with one attached hydrogen (secondary N) is 2. The molecule has 1 amide bonds. The van der Waals surface area contributed by atoms with Crippen molar-refractivity contribution in [2.45, 2.75) is 32.7 Å². The third kappa shape index (κ3) is 2.52. The summed E-state index contributed by atoms with van der Waals surface area (Å²) >= 11 is 0. The second-order valence-corrected chi connectivity index (χ2v) is 6.58. The Morgan fingerprint density at radius 1 is 1.09 bits per heavy atom. The summed E-state index contributed by atoms with van der Waals surface area (Å²) in [6.45, 7) is 4.12. The lowest BCUT2D eigenvalue weighted by Crippen LogP contribution is -2.35. The molecule has 2 aromatic carbocycles. The number of aryl methyl sites for hydroxylation is 2. The molecular weight excluding hydrogens is 284 g/mol. The van der Waals surface area contributed by atoms with E-state index in [9.17, 15) is 4.79 Å². The van der Waals surface area contributed by atoms with E-state index in [4.69, 9.17) is 0 Å². The van der Waals surface area contributed by atoms with E-state index >= 15 is 0 Å². The quantitative estimate of drug-likeness (QED) is 0.745. The summed E-state index contributed by atoms with van der Waals surface area (Å²) in [6, 6.07) is 14.4. The van der Waals surface area contributed by atoms with Crippen molar-refractivity contribution in [3.63, 3.8) is 0 Å². The molecule has 1 atom stereocenters. The smallest absolute Gasteiger partial charge is 0.251 e. The SMILES string of the molecule is Cc1cccc(C(=O)NC2Cc3[nH]c4ccc(C)cc4c3C2)c1. The Morgan fingerprint density at radius 2 is 1.91 bits per heavy atom. The van der Waals surface area contributed by atoms with Gasteiger partial charge in [-0.25, -0.2) is 0 Å². The second kappa shape index (κ2) is 5.27. The number of hydrogen-bond donors (Lipinski definition) is 2. The van der Waals surface area contributed by atoms with Gasteiger partial charge in [0.15, 0.2) is 0 Å². The van der Waals surface area contributed by atoms with E-state index in [1.54, 1.807) is 0 Å². The van der Waals surface area contributed by atoms with Crippen LogP contribution in [0.25, 0.3) is 10.9 Å². The van der Waals surface area contributed by atoms with Crippen LogP contribution in [0.1, 0.15) is 32.7 Å². The molecule has 23 heavy (non-hydrogen) atoms. The van der Waals surface area contributed by atoms with E-state index in [1.165, 1.54) is 27.7 Å². The van der Waals surface area contributed by atoms with Crippen LogP contribution in [0.4, 0.5) is 0 Å². The van der Waals surface area contributed by atoms with Gasteiger partial charge in [0.25, 0.3) is 5.91 Å². The van der Waals surface area contributed by atoms with Crippen LogP contribution in [0.15, 0.2) is 42.5 Å². The summed E-state index contributed by atoms with van der Waals surface area (Å²) in [5.74, 6) is 0.0179. The van der Waals surface area contributed by atoms with Crippen molar-refractivity contribution in [1.29, 1.82) is 0 Å².